The van der Waals surface area contributed by atoms with Crippen LogP contribution < -0.4 is 11.1 Å². The van der Waals surface area contributed by atoms with Crippen LogP contribution in [0, 0.1) is 5.41 Å². The fraction of sp³-hybridized carbons (Fsp3) is 0.700. The summed E-state index contributed by atoms with van der Waals surface area (Å²) in [5.41, 5.74) is 5.01. The molecular weight excluding hydrogens is 226 g/mol. The van der Waals surface area contributed by atoms with Gasteiger partial charge < -0.3 is 16.0 Å². The van der Waals surface area contributed by atoms with Gasteiger partial charge in [0.05, 0.1) is 10.4 Å². The highest BCUT2D eigenvalue weighted by Crippen LogP contribution is 2.47. The molecule has 6 heteroatoms. The second-order valence-electron chi connectivity index (χ2n) is 4.34. The van der Waals surface area contributed by atoms with Gasteiger partial charge in [0.2, 0.25) is 11.8 Å². The molecule has 1 heterocycles. The van der Waals surface area contributed by atoms with Crippen LogP contribution in [0.4, 0.5) is 0 Å². The molecule has 1 saturated heterocycles. The maximum absolute atomic E-state index is 12.2. The molecule has 3 N–H and O–H groups in total. The number of nitrogens with zero attached hydrogens (tertiary/aromatic N) is 1. The Bertz CT molecular complexity index is 352. The number of hydrogen-bond acceptors (Lipinski definition) is 3. The van der Waals surface area contributed by atoms with Crippen LogP contribution in [0.2, 0.25) is 0 Å². The number of carbonyl (C=O) groups is 2. The van der Waals surface area contributed by atoms with E-state index in [1.165, 1.54) is 0 Å². The number of rotatable bonds is 2. The van der Waals surface area contributed by atoms with Gasteiger partial charge in [-0.05, 0) is 12.8 Å². The zero-order valence-electron chi connectivity index (χ0n) is 8.99. The van der Waals surface area contributed by atoms with E-state index in [0.717, 1.165) is 12.8 Å². The quantitative estimate of drug-likeness (QED) is 0.633. The summed E-state index contributed by atoms with van der Waals surface area (Å²) in [6.07, 6.45) is 1.86. The summed E-state index contributed by atoms with van der Waals surface area (Å²) < 4.78 is 0. The Balaban J connectivity index is 2.05. The van der Waals surface area contributed by atoms with Gasteiger partial charge in [-0.1, -0.05) is 12.2 Å². The summed E-state index contributed by atoms with van der Waals surface area (Å²) in [6.45, 7) is 1.53. The highest BCUT2D eigenvalue weighted by molar-refractivity contribution is 7.80. The third-order valence-corrected chi connectivity index (χ3v) is 3.62. The minimum absolute atomic E-state index is 0.00324. The molecule has 0 aromatic carbocycles. The highest BCUT2D eigenvalue weighted by Gasteiger charge is 2.54. The lowest BCUT2D eigenvalue weighted by Crippen LogP contribution is -2.44. The van der Waals surface area contributed by atoms with Crippen LogP contribution in [0.15, 0.2) is 0 Å². The van der Waals surface area contributed by atoms with Crippen LogP contribution in [0.3, 0.4) is 0 Å². The molecule has 0 radical (unpaired) electrons. The molecule has 0 atom stereocenters. The van der Waals surface area contributed by atoms with Crippen molar-refractivity contribution in [3.8, 4) is 0 Å². The van der Waals surface area contributed by atoms with Crippen LogP contribution in [0.5, 0.6) is 0 Å². The molecule has 2 fully saturated rings. The lowest BCUT2D eigenvalue weighted by atomic mass is 10.1. The molecule has 2 rings (SSSR count). The van der Waals surface area contributed by atoms with Gasteiger partial charge >= 0.3 is 0 Å². The Labute approximate surface area is 99.3 Å². The maximum atomic E-state index is 12.2. The van der Waals surface area contributed by atoms with E-state index in [2.05, 4.69) is 5.32 Å². The number of hydrogen-bond donors (Lipinski definition) is 2. The second kappa shape index (κ2) is 4.01. The molecule has 1 aliphatic carbocycles. The SMILES string of the molecule is NC(=S)C1(C(=O)N2CCNC(=O)CC2)CC1. The van der Waals surface area contributed by atoms with E-state index in [-0.39, 0.29) is 11.8 Å². The fourth-order valence-electron chi connectivity index (χ4n) is 1.96. The average Bonchev–Trinajstić information content (AvgIpc) is 3.01. The van der Waals surface area contributed by atoms with Crippen molar-refractivity contribution in [1.82, 2.24) is 10.2 Å². The molecule has 0 bridgehead atoms. The smallest absolute Gasteiger partial charge is 0.235 e. The zero-order chi connectivity index (χ0) is 11.8. The Morgan fingerprint density at radius 3 is 2.69 bits per heavy atom. The van der Waals surface area contributed by atoms with Crippen molar-refractivity contribution in [2.75, 3.05) is 19.6 Å². The average molecular weight is 241 g/mol. The van der Waals surface area contributed by atoms with Crippen molar-refractivity contribution < 1.29 is 9.59 Å². The number of amides is 2. The van der Waals surface area contributed by atoms with Crippen molar-refractivity contribution in [2.24, 2.45) is 11.1 Å². The fourth-order valence-corrected chi connectivity index (χ4v) is 2.25. The van der Waals surface area contributed by atoms with Gasteiger partial charge in [0.15, 0.2) is 0 Å². The highest BCUT2D eigenvalue weighted by atomic mass is 32.1. The molecule has 2 amide bonds. The van der Waals surface area contributed by atoms with Crippen LogP contribution in [-0.4, -0.2) is 41.3 Å². The predicted octanol–water partition coefficient (Wildman–Crippen LogP) is -0.599. The molecule has 0 spiro atoms. The van der Waals surface area contributed by atoms with Crippen molar-refractivity contribution in [2.45, 2.75) is 19.3 Å². The van der Waals surface area contributed by atoms with E-state index in [0.29, 0.717) is 31.0 Å². The summed E-state index contributed by atoms with van der Waals surface area (Å²) in [6, 6.07) is 0. The zero-order valence-corrected chi connectivity index (χ0v) is 9.81. The van der Waals surface area contributed by atoms with Crippen molar-refractivity contribution in [3.05, 3.63) is 0 Å². The first-order chi connectivity index (χ1) is 7.56. The van der Waals surface area contributed by atoms with Crippen LogP contribution in [-0.2, 0) is 9.59 Å². The van der Waals surface area contributed by atoms with Gasteiger partial charge in [-0.15, -0.1) is 0 Å². The monoisotopic (exact) mass is 241 g/mol. The van der Waals surface area contributed by atoms with Crippen LogP contribution in [0.1, 0.15) is 19.3 Å². The van der Waals surface area contributed by atoms with Gasteiger partial charge in [-0.3, -0.25) is 9.59 Å². The Kier molecular flexibility index (Phi) is 2.84. The molecule has 0 aromatic rings. The molecule has 5 nitrogen and oxygen atoms in total. The lowest BCUT2D eigenvalue weighted by molar-refractivity contribution is -0.134. The number of nitrogens with one attached hydrogen (secondary N) is 1. The topological polar surface area (TPSA) is 75.4 Å². The van der Waals surface area contributed by atoms with Gasteiger partial charge in [-0.25, -0.2) is 0 Å². The van der Waals surface area contributed by atoms with E-state index < -0.39 is 5.41 Å². The minimum Gasteiger partial charge on any atom is -0.392 e. The molecule has 16 heavy (non-hydrogen) atoms. The number of nitrogens with two attached hydrogens (primary N) is 1. The Morgan fingerprint density at radius 2 is 2.12 bits per heavy atom. The van der Waals surface area contributed by atoms with Gasteiger partial charge in [0, 0.05) is 26.1 Å². The van der Waals surface area contributed by atoms with Crippen molar-refractivity contribution in [3.63, 3.8) is 0 Å². The first-order valence-corrected chi connectivity index (χ1v) is 5.83. The normalized spacial score (nSPS) is 23.2. The number of thiocarbonyl (C=S) groups is 1. The van der Waals surface area contributed by atoms with Gasteiger partial charge in [-0.2, -0.15) is 0 Å². The molecular formula is C10H15N3O2S. The lowest BCUT2D eigenvalue weighted by Gasteiger charge is -2.24. The van der Waals surface area contributed by atoms with E-state index in [1.807, 2.05) is 0 Å². The predicted molar refractivity (Wildman–Crippen MR) is 62.7 cm³/mol. The van der Waals surface area contributed by atoms with E-state index in [4.69, 9.17) is 18.0 Å². The summed E-state index contributed by atoms with van der Waals surface area (Å²) in [5.74, 6) is -0.00743. The standard InChI is InChI=1S/C10H15N3O2S/c11-8(16)10(2-3-10)9(15)13-5-1-7(14)12-4-6-13/h1-6H2,(H2,11,16)(H,12,14). The summed E-state index contributed by atoms with van der Waals surface area (Å²) in [4.78, 5) is 25.3. The largest absolute Gasteiger partial charge is 0.392 e. The molecule has 1 aliphatic heterocycles. The maximum Gasteiger partial charge on any atom is 0.235 e. The first-order valence-electron chi connectivity index (χ1n) is 5.42. The Morgan fingerprint density at radius 1 is 1.44 bits per heavy atom. The second-order valence-corrected chi connectivity index (χ2v) is 4.78. The minimum atomic E-state index is -0.595. The van der Waals surface area contributed by atoms with Crippen LogP contribution >= 0.6 is 12.2 Å². The molecule has 2 aliphatic rings. The van der Waals surface area contributed by atoms with E-state index >= 15 is 0 Å². The molecule has 0 aromatic heterocycles. The molecule has 0 unspecified atom stereocenters. The van der Waals surface area contributed by atoms with E-state index in [1.54, 1.807) is 4.90 Å². The summed E-state index contributed by atoms with van der Waals surface area (Å²) >= 11 is 4.94. The summed E-state index contributed by atoms with van der Waals surface area (Å²) in [5, 5.41) is 2.73. The third-order valence-electron chi connectivity index (χ3n) is 3.23. The van der Waals surface area contributed by atoms with Gasteiger partial charge in [0.1, 0.15) is 0 Å². The summed E-state index contributed by atoms with van der Waals surface area (Å²) in [7, 11) is 0. The van der Waals surface area contributed by atoms with Gasteiger partial charge in [0.25, 0.3) is 0 Å². The Hall–Kier alpha value is -1.17. The van der Waals surface area contributed by atoms with Crippen molar-refractivity contribution >= 4 is 29.0 Å². The third kappa shape index (κ3) is 1.89. The first kappa shape index (κ1) is 11.3. The molecule has 88 valence electrons. The van der Waals surface area contributed by atoms with Crippen molar-refractivity contribution in [1.29, 1.82) is 0 Å². The number of carbonyl (C=O) groups excluding carboxylic acids is 2. The van der Waals surface area contributed by atoms with E-state index in [9.17, 15) is 9.59 Å². The molecule has 1 saturated carbocycles. The van der Waals surface area contributed by atoms with Crippen LogP contribution in [0.25, 0.3) is 0 Å².